The van der Waals surface area contributed by atoms with Crippen molar-refractivity contribution in [3.63, 3.8) is 0 Å². The molecule has 1 aromatic rings. The summed E-state index contributed by atoms with van der Waals surface area (Å²) in [5, 5.41) is 2.83. The van der Waals surface area contributed by atoms with Crippen LogP contribution < -0.4 is 5.32 Å². The number of nitrogens with one attached hydrogen (secondary N) is 1. The van der Waals surface area contributed by atoms with Crippen molar-refractivity contribution >= 4 is 0 Å². The SMILES string of the molecule is CNCC(F)Cc1ccccc1C. The third-order valence-corrected chi connectivity index (χ3v) is 2.13. The first-order chi connectivity index (χ1) is 6.24. The van der Waals surface area contributed by atoms with Gasteiger partial charge in [0, 0.05) is 13.0 Å². The maximum Gasteiger partial charge on any atom is 0.116 e. The van der Waals surface area contributed by atoms with E-state index in [-0.39, 0.29) is 0 Å². The summed E-state index contributed by atoms with van der Waals surface area (Å²) in [6.07, 6.45) is -0.279. The highest BCUT2D eigenvalue weighted by molar-refractivity contribution is 5.26. The monoisotopic (exact) mass is 181 g/mol. The van der Waals surface area contributed by atoms with Gasteiger partial charge in [0.15, 0.2) is 0 Å². The molecule has 0 aromatic heterocycles. The first-order valence-corrected chi connectivity index (χ1v) is 4.57. The van der Waals surface area contributed by atoms with Crippen molar-refractivity contribution in [1.82, 2.24) is 5.32 Å². The fraction of sp³-hybridized carbons (Fsp3) is 0.455. The number of rotatable bonds is 4. The van der Waals surface area contributed by atoms with E-state index in [0.29, 0.717) is 13.0 Å². The van der Waals surface area contributed by atoms with Crippen LogP contribution in [-0.4, -0.2) is 19.8 Å². The molecule has 1 aromatic carbocycles. The second-order valence-corrected chi connectivity index (χ2v) is 3.29. The molecule has 1 rings (SSSR count). The summed E-state index contributed by atoms with van der Waals surface area (Å²) in [6.45, 7) is 2.44. The van der Waals surface area contributed by atoms with Crippen molar-refractivity contribution in [3.05, 3.63) is 35.4 Å². The molecule has 0 bridgehead atoms. The Kier molecular flexibility index (Phi) is 3.90. The highest BCUT2D eigenvalue weighted by Crippen LogP contribution is 2.10. The van der Waals surface area contributed by atoms with Gasteiger partial charge in [-0.15, -0.1) is 0 Å². The number of alkyl halides is 1. The fourth-order valence-electron chi connectivity index (χ4n) is 1.37. The summed E-state index contributed by atoms with van der Waals surface area (Å²) in [5.74, 6) is 0. The van der Waals surface area contributed by atoms with Crippen LogP contribution in [0.3, 0.4) is 0 Å². The minimum Gasteiger partial charge on any atom is -0.317 e. The lowest BCUT2D eigenvalue weighted by atomic mass is 10.0. The Balaban J connectivity index is 2.58. The van der Waals surface area contributed by atoms with Gasteiger partial charge in [-0.1, -0.05) is 24.3 Å². The van der Waals surface area contributed by atoms with Crippen molar-refractivity contribution in [2.45, 2.75) is 19.5 Å². The number of hydrogen-bond acceptors (Lipinski definition) is 1. The smallest absolute Gasteiger partial charge is 0.116 e. The van der Waals surface area contributed by atoms with Crippen LogP contribution in [0, 0.1) is 6.92 Å². The van der Waals surface area contributed by atoms with E-state index in [0.717, 1.165) is 5.56 Å². The Morgan fingerprint density at radius 3 is 2.69 bits per heavy atom. The van der Waals surface area contributed by atoms with E-state index in [1.807, 2.05) is 31.2 Å². The van der Waals surface area contributed by atoms with Gasteiger partial charge in [-0.05, 0) is 25.1 Å². The van der Waals surface area contributed by atoms with Gasteiger partial charge in [-0.3, -0.25) is 0 Å². The van der Waals surface area contributed by atoms with E-state index < -0.39 is 6.17 Å². The van der Waals surface area contributed by atoms with Crippen LogP contribution in [0.15, 0.2) is 24.3 Å². The van der Waals surface area contributed by atoms with Crippen molar-refractivity contribution in [2.24, 2.45) is 0 Å². The van der Waals surface area contributed by atoms with Crippen molar-refractivity contribution in [3.8, 4) is 0 Å². The zero-order chi connectivity index (χ0) is 9.68. The molecule has 0 aliphatic carbocycles. The quantitative estimate of drug-likeness (QED) is 0.750. The predicted molar refractivity (Wildman–Crippen MR) is 53.7 cm³/mol. The molecule has 1 unspecified atom stereocenters. The van der Waals surface area contributed by atoms with E-state index in [9.17, 15) is 4.39 Å². The van der Waals surface area contributed by atoms with Crippen LogP contribution in [0.5, 0.6) is 0 Å². The lowest BCUT2D eigenvalue weighted by Crippen LogP contribution is -2.21. The third-order valence-electron chi connectivity index (χ3n) is 2.13. The molecule has 0 amide bonds. The molecular weight excluding hydrogens is 165 g/mol. The molecule has 0 saturated carbocycles. The minimum atomic E-state index is -0.786. The highest BCUT2D eigenvalue weighted by atomic mass is 19.1. The Morgan fingerprint density at radius 2 is 2.08 bits per heavy atom. The van der Waals surface area contributed by atoms with E-state index in [1.165, 1.54) is 5.56 Å². The Hall–Kier alpha value is -0.890. The van der Waals surface area contributed by atoms with E-state index in [4.69, 9.17) is 0 Å². The summed E-state index contributed by atoms with van der Waals surface area (Å²) < 4.78 is 13.2. The zero-order valence-electron chi connectivity index (χ0n) is 8.18. The Morgan fingerprint density at radius 1 is 1.38 bits per heavy atom. The second kappa shape index (κ2) is 4.97. The normalized spacial score (nSPS) is 12.8. The van der Waals surface area contributed by atoms with Gasteiger partial charge in [0.1, 0.15) is 6.17 Å². The molecule has 1 atom stereocenters. The molecule has 0 radical (unpaired) electrons. The molecule has 0 aliphatic heterocycles. The molecule has 0 heterocycles. The van der Waals surface area contributed by atoms with Gasteiger partial charge in [0.25, 0.3) is 0 Å². The van der Waals surface area contributed by atoms with E-state index in [2.05, 4.69) is 5.32 Å². The Bertz CT molecular complexity index is 260. The average molecular weight is 181 g/mol. The molecule has 0 aliphatic rings. The molecule has 0 spiro atoms. The predicted octanol–water partition coefficient (Wildman–Crippen LogP) is 2.10. The first-order valence-electron chi connectivity index (χ1n) is 4.57. The first kappa shape index (κ1) is 10.2. The molecule has 13 heavy (non-hydrogen) atoms. The average Bonchev–Trinajstić information content (AvgIpc) is 2.09. The molecule has 0 fully saturated rings. The lowest BCUT2D eigenvalue weighted by Gasteiger charge is -2.09. The standard InChI is InChI=1S/C11H16FN/c1-9-5-3-4-6-10(9)7-11(12)8-13-2/h3-6,11,13H,7-8H2,1-2H3. The summed E-state index contributed by atoms with van der Waals surface area (Å²) in [6, 6.07) is 7.93. The van der Waals surface area contributed by atoms with Gasteiger partial charge in [0.05, 0.1) is 0 Å². The number of halogens is 1. The van der Waals surface area contributed by atoms with Gasteiger partial charge in [0.2, 0.25) is 0 Å². The molecule has 1 N–H and O–H groups in total. The van der Waals surface area contributed by atoms with Crippen molar-refractivity contribution < 1.29 is 4.39 Å². The number of aryl methyl sites for hydroxylation is 1. The van der Waals surface area contributed by atoms with Crippen LogP contribution >= 0.6 is 0 Å². The van der Waals surface area contributed by atoms with Gasteiger partial charge < -0.3 is 5.32 Å². The third kappa shape index (κ3) is 3.15. The van der Waals surface area contributed by atoms with Crippen molar-refractivity contribution in [2.75, 3.05) is 13.6 Å². The molecular formula is C11H16FN. The number of hydrogen-bond donors (Lipinski definition) is 1. The van der Waals surface area contributed by atoms with Crippen LogP contribution in [0.2, 0.25) is 0 Å². The maximum atomic E-state index is 13.2. The second-order valence-electron chi connectivity index (χ2n) is 3.29. The summed E-state index contributed by atoms with van der Waals surface area (Å²) >= 11 is 0. The van der Waals surface area contributed by atoms with Crippen LogP contribution in [-0.2, 0) is 6.42 Å². The molecule has 2 heteroatoms. The topological polar surface area (TPSA) is 12.0 Å². The summed E-state index contributed by atoms with van der Waals surface area (Å²) in [4.78, 5) is 0. The number of benzene rings is 1. The van der Waals surface area contributed by atoms with E-state index in [1.54, 1.807) is 7.05 Å². The molecule has 1 nitrogen and oxygen atoms in total. The summed E-state index contributed by atoms with van der Waals surface area (Å²) in [7, 11) is 1.77. The Labute approximate surface area is 79.0 Å². The minimum absolute atomic E-state index is 0.425. The van der Waals surface area contributed by atoms with Crippen LogP contribution in [0.25, 0.3) is 0 Å². The zero-order valence-corrected chi connectivity index (χ0v) is 8.18. The molecule has 0 saturated heterocycles. The summed E-state index contributed by atoms with van der Waals surface area (Å²) in [5.41, 5.74) is 2.27. The van der Waals surface area contributed by atoms with Crippen LogP contribution in [0.4, 0.5) is 4.39 Å². The van der Waals surface area contributed by atoms with Crippen molar-refractivity contribution in [1.29, 1.82) is 0 Å². The highest BCUT2D eigenvalue weighted by Gasteiger charge is 2.07. The fourth-order valence-corrected chi connectivity index (χ4v) is 1.37. The van der Waals surface area contributed by atoms with E-state index >= 15 is 0 Å². The largest absolute Gasteiger partial charge is 0.317 e. The van der Waals surface area contributed by atoms with Gasteiger partial charge >= 0.3 is 0 Å². The van der Waals surface area contributed by atoms with Gasteiger partial charge in [-0.25, -0.2) is 4.39 Å². The van der Waals surface area contributed by atoms with Gasteiger partial charge in [-0.2, -0.15) is 0 Å². The maximum absolute atomic E-state index is 13.2. The van der Waals surface area contributed by atoms with Crippen LogP contribution in [0.1, 0.15) is 11.1 Å². The lowest BCUT2D eigenvalue weighted by molar-refractivity contribution is 0.324. The molecule has 72 valence electrons.